The molecule has 2 aliphatic heterocycles. The van der Waals surface area contributed by atoms with Crippen molar-refractivity contribution in [3.8, 4) is 0 Å². The molecule has 13 heteroatoms. The third kappa shape index (κ3) is 9.80. The fourth-order valence-corrected chi connectivity index (χ4v) is 6.34. The van der Waals surface area contributed by atoms with Crippen molar-refractivity contribution in [2.24, 2.45) is 0 Å². The average molecular weight is 599 g/mol. The molecule has 2 N–H and O–H groups in total. The van der Waals surface area contributed by atoms with Crippen molar-refractivity contribution in [1.29, 1.82) is 0 Å². The molecule has 2 saturated heterocycles. The van der Waals surface area contributed by atoms with Gasteiger partial charge < -0.3 is 15.3 Å². The first-order valence-corrected chi connectivity index (χ1v) is 15.1. The van der Waals surface area contributed by atoms with Gasteiger partial charge in [0.2, 0.25) is 10.0 Å². The molecular weight excluding hydrogens is 561 g/mol. The zero-order valence-corrected chi connectivity index (χ0v) is 23.8. The van der Waals surface area contributed by atoms with Gasteiger partial charge >= 0.3 is 12.1 Å². The number of benzene rings is 2. The second-order valence-corrected chi connectivity index (χ2v) is 12.2. The van der Waals surface area contributed by atoms with Crippen LogP contribution in [0.3, 0.4) is 0 Å². The number of aryl methyl sites for hydroxylation is 1. The van der Waals surface area contributed by atoms with Gasteiger partial charge in [-0.15, -0.1) is 0 Å². The van der Waals surface area contributed by atoms with Crippen molar-refractivity contribution in [1.82, 2.24) is 19.4 Å². The molecule has 2 aromatic rings. The Labute approximate surface area is 239 Å². The van der Waals surface area contributed by atoms with E-state index in [0.717, 1.165) is 38.0 Å². The fraction of sp³-hybridized carbons (Fsp3) is 0.500. The van der Waals surface area contributed by atoms with Gasteiger partial charge in [-0.1, -0.05) is 48.5 Å². The highest BCUT2D eigenvalue weighted by molar-refractivity contribution is 7.89. The van der Waals surface area contributed by atoms with E-state index in [4.69, 9.17) is 9.90 Å². The van der Waals surface area contributed by atoms with Crippen LogP contribution in [0, 0.1) is 6.92 Å². The van der Waals surface area contributed by atoms with Crippen molar-refractivity contribution in [2.45, 2.75) is 38.5 Å². The van der Waals surface area contributed by atoms with Crippen LogP contribution in [0.25, 0.3) is 0 Å². The summed E-state index contributed by atoms with van der Waals surface area (Å²) in [5.74, 6) is -2.85. The molecular formula is C28H37F3N4O5S. The number of nitrogens with one attached hydrogen (secondary N) is 1. The van der Waals surface area contributed by atoms with Gasteiger partial charge in [0, 0.05) is 64.0 Å². The van der Waals surface area contributed by atoms with E-state index in [-0.39, 0.29) is 24.2 Å². The van der Waals surface area contributed by atoms with Gasteiger partial charge in [0.25, 0.3) is 5.91 Å². The quantitative estimate of drug-likeness (QED) is 0.481. The molecule has 2 heterocycles. The van der Waals surface area contributed by atoms with Crippen LogP contribution >= 0.6 is 0 Å². The number of hydrogen-bond donors (Lipinski definition) is 2. The summed E-state index contributed by atoms with van der Waals surface area (Å²) >= 11 is 0. The number of hydrogen-bond acceptors (Lipinski definition) is 6. The minimum absolute atomic E-state index is 0.0329. The van der Waals surface area contributed by atoms with Crippen molar-refractivity contribution in [3.05, 3.63) is 71.3 Å². The summed E-state index contributed by atoms with van der Waals surface area (Å²) in [6.07, 6.45) is -3.39. The van der Waals surface area contributed by atoms with Gasteiger partial charge in [-0.25, -0.2) is 13.2 Å². The maximum Gasteiger partial charge on any atom is 0.490 e. The largest absolute Gasteiger partial charge is 0.490 e. The number of alkyl halides is 3. The standard InChI is InChI=1S/C26H36N4O3S.C2HF3O2/c1-22-7-5-6-10-25(22)26(31)30(19-20-34(32,33)29-17-13-27-14-18-29)24-11-15-28(16-12-24)21-23-8-3-2-4-9-23;3-2(4,5)1(6)7/h2-10,24,27H,11-21H2,1H3;(H,6,7). The minimum Gasteiger partial charge on any atom is -0.475 e. The number of piperidine rings is 1. The Morgan fingerprint density at radius 1 is 0.976 bits per heavy atom. The van der Waals surface area contributed by atoms with E-state index >= 15 is 0 Å². The molecule has 0 unspecified atom stereocenters. The highest BCUT2D eigenvalue weighted by Crippen LogP contribution is 2.22. The summed E-state index contributed by atoms with van der Waals surface area (Å²) in [4.78, 5) is 26.8. The molecule has 4 rings (SSSR count). The van der Waals surface area contributed by atoms with Gasteiger partial charge in [-0.05, 0) is 37.0 Å². The predicted molar refractivity (Wildman–Crippen MR) is 149 cm³/mol. The lowest BCUT2D eigenvalue weighted by Gasteiger charge is -2.39. The van der Waals surface area contributed by atoms with Crippen LogP contribution in [0.2, 0.25) is 0 Å². The average Bonchev–Trinajstić information content (AvgIpc) is 2.95. The third-order valence-corrected chi connectivity index (χ3v) is 9.04. The fourth-order valence-electron chi connectivity index (χ4n) is 4.91. The number of aliphatic carboxylic acids is 1. The van der Waals surface area contributed by atoms with Crippen LogP contribution in [0.15, 0.2) is 54.6 Å². The molecule has 226 valence electrons. The predicted octanol–water partition coefficient (Wildman–Crippen LogP) is 2.97. The number of amides is 1. The lowest BCUT2D eigenvalue weighted by molar-refractivity contribution is -0.192. The Hall–Kier alpha value is -3.00. The molecule has 0 aliphatic carbocycles. The highest BCUT2D eigenvalue weighted by Gasteiger charge is 2.38. The van der Waals surface area contributed by atoms with E-state index in [2.05, 4.69) is 34.5 Å². The molecule has 0 atom stereocenters. The lowest BCUT2D eigenvalue weighted by Crippen LogP contribution is -2.51. The van der Waals surface area contributed by atoms with Gasteiger partial charge in [-0.3, -0.25) is 9.69 Å². The van der Waals surface area contributed by atoms with E-state index in [0.29, 0.717) is 31.7 Å². The topological polar surface area (TPSA) is 110 Å². The second-order valence-electron chi connectivity index (χ2n) is 10.1. The highest BCUT2D eigenvalue weighted by atomic mass is 32.2. The summed E-state index contributed by atoms with van der Waals surface area (Å²) in [6.45, 7) is 7.17. The van der Waals surface area contributed by atoms with Gasteiger partial charge in [-0.2, -0.15) is 17.5 Å². The molecule has 9 nitrogen and oxygen atoms in total. The Balaban J connectivity index is 0.000000587. The molecule has 0 radical (unpaired) electrons. The maximum atomic E-state index is 13.6. The van der Waals surface area contributed by atoms with Crippen LogP contribution in [-0.2, 0) is 21.4 Å². The molecule has 2 aromatic carbocycles. The first-order chi connectivity index (χ1) is 19.4. The lowest BCUT2D eigenvalue weighted by atomic mass is 10.00. The molecule has 2 aliphatic rings. The van der Waals surface area contributed by atoms with Crippen molar-refractivity contribution in [3.63, 3.8) is 0 Å². The Morgan fingerprint density at radius 3 is 2.10 bits per heavy atom. The van der Waals surface area contributed by atoms with Crippen LogP contribution in [0.4, 0.5) is 13.2 Å². The Bertz CT molecular complexity index is 1250. The number of rotatable bonds is 8. The summed E-state index contributed by atoms with van der Waals surface area (Å²) in [7, 11) is -3.41. The molecule has 1 amide bonds. The van der Waals surface area contributed by atoms with E-state index in [1.165, 1.54) is 5.56 Å². The molecule has 0 aromatic heterocycles. The van der Waals surface area contributed by atoms with Crippen molar-refractivity contribution in [2.75, 3.05) is 51.6 Å². The van der Waals surface area contributed by atoms with E-state index < -0.39 is 22.2 Å². The number of sulfonamides is 1. The number of carboxylic acid groups (broad SMARTS) is 1. The zero-order chi connectivity index (χ0) is 30.0. The zero-order valence-electron chi connectivity index (χ0n) is 23.0. The first kappa shape index (κ1) is 32.5. The molecule has 41 heavy (non-hydrogen) atoms. The van der Waals surface area contributed by atoms with Crippen molar-refractivity contribution < 1.29 is 36.3 Å². The first-order valence-electron chi connectivity index (χ1n) is 13.5. The molecule has 0 bridgehead atoms. The van der Waals surface area contributed by atoms with Gasteiger partial charge in [0.05, 0.1) is 5.75 Å². The van der Waals surface area contributed by atoms with E-state index in [1.54, 1.807) is 4.31 Å². The summed E-state index contributed by atoms with van der Waals surface area (Å²) in [5.41, 5.74) is 2.87. The molecule has 0 spiro atoms. The number of carbonyl (C=O) groups is 2. The Morgan fingerprint density at radius 2 is 1.54 bits per heavy atom. The number of piperazine rings is 1. The third-order valence-electron chi connectivity index (χ3n) is 7.19. The smallest absolute Gasteiger partial charge is 0.475 e. The summed E-state index contributed by atoms with van der Waals surface area (Å²) < 4.78 is 59.3. The molecule has 0 saturated carbocycles. The van der Waals surface area contributed by atoms with Crippen LogP contribution in [-0.4, -0.2) is 103 Å². The van der Waals surface area contributed by atoms with Crippen molar-refractivity contribution >= 4 is 21.9 Å². The number of carbonyl (C=O) groups excluding carboxylic acids is 1. The number of halogens is 3. The normalized spacial score (nSPS) is 17.4. The van der Waals surface area contributed by atoms with Crippen LogP contribution in [0.5, 0.6) is 0 Å². The van der Waals surface area contributed by atoms with Crippen LogP contribution in [0.1, 0.15) is 34.3 Å². The summed E-state index contributed by atoms with van der Waals surface area (Å²) in [5, 5.41) is 10.3. The van der Waals surface area contributed by atoms with E-state index in [1.807, 2.05) is 42.2 Å². The van der Waals surface area contributed by atoms with Crippen LogP contribution < -0.4 is 5.32 Å². The minimum atomic E-state index is -5.08. The monoisotopic (exact) mass is 598 g/mol. The van der Waals surface area contributed by atoms with Gasteiger partial charge in [0.15, 0.2) is 0 Å². The molecule has 2 fully saturated rings. The Kier molecular flexibility index (Phi) is 11.7. The SMILES string of the molecule is Cc1ccccc1C(=O)N(CCS(=O)(=O)N1CCNCC1)C1CCN(Cc2ccccc2)CC1.O=C(O)C(F)(F)F. The van der Waals surface area contributed by atoms with Gasteiger partial charge in [0.1, 0.15) is 0 Å². The van der Waals surface area contributed by atoms with E-state index in [9.17, 15) is 26.4 Å². The number of carboxylic acids is 1. The second kappa shape index (κ2) is 14.8. The number of likely N-dealkylation sites (tertiary alicyclic amines) is 1. The summed E-state index contributed by atoms with van der Waals surface area (Å²) in [6, 6.07) is 18.0. The maximum absolute atomic E-state index is 13.6. The number of nitrogens with zero attached hydrogens (tertiary/aromatic N) is 3.